The number of hydrogen-bond donors (Lipinski definition) is 2. The summed E-state index contributed by atoms with van der Waals surface area (Å²) < 4.78 is 12.9. The van der Waals surface area contributed by atoms with Gasteiger partial charge in [-0.3, -0.25) is 9.29 Å². The topological polar surface area (TPSA) is 35.5 Å². The maximum atomic E-state index is 12.9. The lowest BCUT2D eigenvalue weighted by Gasteiger charge is -2.36. The quantitative estimate of drug-likeness (QED) is 0.898. The van der Waals surface area contributed by atoms with E-state index in [9.17, 15) is 9.50 Å². The second kappa shape index (κ2) is 7.81. The van der Waals surface area contributed by atoms with Gasteiger partial charge in [-0.05, 0) is 49.1 Å². The second-order valence-corrected chi connectivity index (χ2v) is 5.27. The highest BCUT2D eigenvalue weighted by atomic mass is 35.5. The van der Waals surface area contributed by atoms with Crippen LogP contribution in [-0.4, -0.2) is 42.9 Å². The molecule has 2 N–H and O–H groups in total. The first kappa shape index (κ1) is 17.2. The van der Waals surface area contributed by atoms with Gasteiger partial charge in [0, 0.05) is 32.2 Å². The molecule has 1 aromatic rings. The molecule has 0 amide bonds. The Labute approximate surface area is 126 Å². The van der Waals surface area contributed by atoms with Crippen molar-refractivity contribution in [2.24, 2.45) is 0 Å². The van der Waals surface area contributed by atoms with Gasteiger partial charge in [-0.1, -0.05) is 0 Å². The number of alkyl halides is 1. The lowest BCUT2D eigenvalue weighted by molar-refractivity contribution is 0.156. The van der Waals surface area contributed by atoms with E-state index in [0.717, 1.165) is 37.3 Å². The molecule has 1 aliphatic heterocycles. The summed E-state index contributed by atoms with van der Waals surface area (Å²) >= 11 is 0. The number of piperazine rings is 1. The van der Waals surface area contributed by atoms with Gasteiger partial charge >= 0.3 is 0 Å². The van der Waals surface area contributed by atoms with Crippen LogP contribution < -0.4 is 5.32 Å². The van der Waals surface area contributed by atoms with Gasteiger partial charge < -0.3 is 10.4 Å². The van der Waals surface area contributed by atoms with Crippen LogP contribution in [0, 0.1) is 13.8 Å². The van der Waals surface area contributed by atoms with Gasteiger partial charge in [0.1, 0.15) is 5.75 Å². The van der Waals surface area contributed by atoms with Gasteiger partial charge in [-0.25, -0.2) is 0 Å². The minimum atomic E-state index is -0.311. The van der Waals surface area contributed by atoms with E-state index in [1.54, 1.807) is 12.1 Å². The van der Waals surface area contributed by atoms with Gasteiger partial charge in [0.2, 0.25) is 0 Å². The fourth-order valence-corrected chi connectivity index (χ4v) is 3.08. The van der Waals surface area contributed by atoms with Crippen LogP contribution in [0.2, 0.25) is 0 Å². The van der Waals surface area contributed by atoms with Crippen molar-refractivity contribution in [1.82, 2.24) is 10.2 Å². The Kier molecular flexibility index (Phi) is 6.72. The maximum Gasteiger partial charge on any atom is 0.116 e. The molecular weight excluding hydrogens is 279 g/mol. The molecule has 3 nitrogen and oxygen atoms in total. The van der Waals surface area contributed by atoms with Crippen LogP contribution in [0.15, 0.2) is 12.1 Å². The number of rotatable bonds is 4. The van der Waals surface area contributed by atoms with Crippen molar-refractivity contribution in [1.29, 1.82) is 0 Å². The summed E-state index contributed by atoms with van der Waals surface area (Å²) in [6.45, 7) is 7.49. The van der Waals surface area contributed by atoms with E-state index in [0.29, 0.717) is 6.42 Å². The van der Waals surface area contributed by atoms with Crippen LogP contribution in [0.1, 0.15) is 29.2 Å². The van der Waals surface area contributed by atoms with E-state index < -0.39 is 0 Å². The van der Waals surface area contributed by atoms with Crippen molar-refractivity contribution >= 4 is 12.4 Å². The summed E-state index contributed by atoms with van der Waals surface area (Å²) in [5, 5.41) is 13.0. The number of aromatic hydroxyl groups is 1. The zero-order valence-corrected chi connectivity index (χ0v) is 13.0. The van der Waals surface area contributed by atoms with Crippen molar-refractivity contribution in [3.8, 4) is 5.75 Å². The Hall–Kier alpha value is -0.840. The van der Waals surface area contributed by atoms with Crippen molar-refractivity contribution in [2.45, 2.75) is 26.3 Å². The molecule has 2 rings (SSSR count). The molecule has 114 valence electrons. The highest BCUT2D eigenvalue weighted by Gasteiger charge is 2.24. The summed E-state index contributed by atoms with van der Waals surface area (Å²) in [6, 6.07) is 3.67. The predicted octanol–water partition coefficient (Wildman–Crippen LogP) is 2.74. The Morgan fingerprint density at radius 3 is 2.30 bits per heavy atom. The molecule has 0 radical (unpaired) electrons. The summed E-state index contributed by atoms with van der Waals surface area (Å²) in [6.07, 6.45) is 0.520. The first-order valence-electron chi connectivity index (χ1n) is 6.94. The number of nitrogens with zero attached hydrogens (tertiary/aromatic N) is 1. The monoisotopic (exact) mass is 302 g/mol. The van der Waals surface area contributed by atoms with E-state index in [1.807, 2.05) is 13.8 Å². The van der Waals surface area contributed by atoms with Crippen molar-refractivity contribution in [3.05, 3.63) is 28.8 Å². The van der Waals surface area contributed by atoms with Crippen LogP contribution in [0.3, 0.4) is 0 Å². The SMILES string of the molecule is Cc1cc(O)cc(C)c1[C@H](CCF)N1CCNCC1.Cl. The Bertz CT molecular complexity index is 413. The first-order valence-corrected chi connectivity index (χ1v) is 6.94. The molecule has 20 heavy (non-hydrogen) atoms. The highest BCUT2D eigenvalue weighted by Crippen LogP contribution is 2.32. The van der Waals surface area contributed by atoms with Gasteiger partial charge in [0.25, 0.3) is 0 Å². The fraction of sp³-hybridized carbons (Fsp3) is 0.600. The van der Waals surface area contributed by atoms with E-state index in [-0.39, 0.29) is 30.9 Å². The minimum absolute atomic E-state index is 0. The lowest BCUT2D eigenvalue weighted by Crippen LogP contribution is -2.45. The van der Waals surface area contributed by atoms with Gasteiger partial charge in [-0.15, -0.1) is 12.4 Å². The van der Waals surface area contributed by atoms with Crippen LogP contribution in [0.4, 0.5) is 4.39 Å². The lowest BCUT2D eigenvalue weighted by atomic mass is 9.92. The van der Waals surface area contributed by atoms with E-state index >= 15 is 0 Å². The fourth-order valence-electron chi connectivity index (χ4n) is 3.08. The van der Waals surface area contributed by atoms with Crippen molar-refractivity contribution in [2.75, 3.05) is 32.9 Å². The average Bonchev–Trinajstić information content (AvgIpc) is 2.37. The minimum Gasteiger partial charge on any atom is -0.508 e. The first-order chi connectivity index (χ1) is 9.13. The predicted molar refractivity (Wildman–Crippen MR) is 82.6 cm³/mol. The van der Waals surface area contributed by atoms with Crippen molar-refractivity contribution < 1.29 is 9.50 Å². The number of aryl methyl sites for hydroxylation is 2. The number of halogens is 2. The van der Waals surface area contributed by atoms with Crippen LogP contribution >= 0.6 is 12.4 Å². The van der Waals surface area contributed by atoms with E-state index in [4.69, 9.17) is 0 Å². The Morgan fingerprint density at radius 1 is 1.25 bits per heavy atom. The molecular formula is C15H24ClFN2O. The zero-order valence-electron chi connectivity index (χ0n) is 12.2. The number of nitrogens with one attached hydrogen (secondary N) is 1. The molecule has 1 aromatic carbocycles. The van der Waals surface area contributed by atoms with E-state index in [2.05, 4.69) is 10.2 Å². The number of hydrogen-bond acceptors (Lipinski definition) is 3. The molecule has 5 heteroatoms. The molecule has 0 bridgehead atoms. The average molecular weight is 303 g/mol. The third-order valence-corrected chi connectivity index (χ3v) is 3.89. The number of benzene rings is 1. The largest absolute Gasteiger partial charge is 0.508 e. The Morgan fingerprint density at radius 2 is 1.80 bits per heavy atom. The van der Waals surface area contributed by atoms with Crippen LogP contribution in [0.25, 0.3) is 0 Å². The molecule has 1 atom stereocenters. The van der Waals surface area contributed by atoms with Crippen LogP contribution in [-0.2, 0) is 0 Å². The molecule has 0 spiro atoms. The molecule has 0 unspecified atom stereocenters. The highest BCUT2D eigenvalue weighted by molar-refractivity contribution is 5.85. The molecule has 0 saturated carbocycles. The van der Waals surface area contributed by atoms with Gasteiger partial charge in [-0.2, -0.15) is 0 Å². The third kappa shape index (κ3) is 3.84. The molecule has 0 aliphatic carbocycles. The summed E-state index contributed by atoms with van der Waals surface area (Å²) in [5.74, 6) is 0.290. The third-order valence-electron chi connectivity index (χ3n) is 3.89. The number of phenols is 1. The van der Waals surface area contributed by atoms with E-state index in [1.165, 1.54) is 5.56 Å². The molecule has 1 saturated heterocycles. The summed E-state index contributed by atoms with van der Waals surface area (Å²) in [5.41, 5.74) is 3.28. The molecule has 1 heterocycles. The van der Waals surface area contributed by atoms with Gasteiger partial charge in [0.05, 0.1) is 6.67 Å². The zero-order chi connectivity index (χ0) is 13.8. The van der Waals surface area contributed by atoms with Crippen molar-refractivity contribution in [3.63, 3.8) is 0 Å². The normalized spacial score (nSPS) is 17.6. The second-order valence-electron chi connectivity index (χ2n) is 5.27. The molecule has 1 fully saturated rings. The smallest absolute Gasteiger partial charge is 0.116 e. The maximum absolute atomic E-state index is 12.9. The van der Waals surface area contributed by atoms with Gasteiger partial charge in [0.15, 0.2) is 0 Å². The molecule has 1 aliphatic rings. The molecule has 0 aromatic heterocycles. The summed E-state index contributed by atoms with van der Waals surface area (Å²) in [7, 11) is 0. The van der Waals surface area contributed by atoms with Crippen LogP contribution in [0.5, 0.6) is 5.75 Å². The Balaban J connectivity index is 0.00000200. The standard InChI is InChI=1S/C15H23FN2O.ClH/c1-11-9-13(19)10-12(2)15(11)14(3-4-16)18-7-5-17-6-8-18;/h9-10,14,17,19H,3-8H2,1-2H3;1H/t14-;/m0./s1. The number of phenolic OH excluding ortho intramolecular Hbond substituents is 1. The summed E-state index contributed by atoms with van der Waals surface area (Å²) in [4.78, 5) is 2.35.